The molecule has 0 unspecified atom stereocenters. The molecule has 0 fully saturated rings. The van der Waals surface area contributed by atoms with Crippen molar-refractivity contribution in [3.8, 4) is 0 Å². The van der Waals surface area contributed by atoms with Gasteiger partial charge in [0, 0.05) is 12.1 Å². The Hall–Kier alpha value is -5.19. The van der Waals surface area contributed by atoms with Crippen LogP contribution in [-0.4, -0.2) is 27.9 Å². The molecule has 3 rings (SSSR count). The van der Waals surface area contributed by atoms with Crippen molar-refractivity contribution in [2.24, 2.45) is 5.10 Å². The van der Waals surface area contributed by atoms with E-state index < -0.39 is 33.0 Å². The number of carbonyl (C=O) groups excluding carboxylic acids is 2. The summed E-state index contributed by atoms with van der Waals surface area (Å²) in [5.41, 5.74) is 2.38. The number of anilines is 1. The number of hydrogen-bond acceptors (Lipinski definition) is 7. The molecule has 0 aromatic heterocycles. The number of amides is 2. The fourth-order valence-corrected chi connectivity index (χ4v) is 2.83. The summed E-state index contributed by atoms with van der Waals surface area (Å²) in [4.78, 5) is 45.3. The van der Waals surface area contributed by atoms with E-state index in [-0.39, 0.29) is 16.8 Å². The van der Waals surface area contributed by atoms with E-state index in [1.165, 1.54) is 18.2 Å². The third-order valence-corrected chi connectivity index (χ3v) is 4.45. The molecule has 11 nitrogen and oxygen atoms in total. The molecule has 0 aliphatic rings. The monoisotopic (exact) mass is 459 g/mol. The summed E-state index contributed by atoms with van der Waals surface area (Å²) >= 11 is 0. The van der Waals surface area contributed by atoms with E-state index in [1.807, 2.05) is 30.3 Å². The molecule has 0 atom stereocenters. The van der Waals surface area contributed by atoms with Gasteiger partial charge in [0.25, 0.3) is 17.3 Å². The van der Waals surface area contributed by atoms with Crippen LogP contribution in [0.1, 0.15) is 21.5 Å². The number of carbonyl (C=O) groups is 2. The minimum atomic E-state index is -0.788. The Kier molecular flexibility index (Phi) is 7.53. The molecule has 170 valence electrons. The average molecular weight is 459 g/mol. The van der Waals surface area contributed by atoms with Gasteiger partial charge in [0.2, 0.25) is 5.91 Å². The van der Waals surface area contributed by atoms with Gasteiger partial charge >= 0.3 is 0 Å². The Morgan fingerprint density at radius 3 is 2.29 bits per heavy atom. The zero-order valence-electron chi connectivity index (χ0n) is 17.5. The van der Waals surface area contributed by atoms with Gasteiger partial charge in [-0.2, -0.15) is 5.10 Å². The average Bonchev–Trinajstić information content (AvgIpc) is 2.83. The van der Waals surface area contributed by atoms with Crippen LogP contribution in [-0.2, 0) is 4.79 Å². The van der Waals surface area contributed by atoms with Crippen molar-refractivity contribution >= 4 is 41.2 Å². The number of nitro groups is 2. The third kappa shape index (κ3) is 6.17. The first-order chi connectivity index (χ1) is 16.3. The maximum atomic E-state index is 12.6. The maximum Gasteiger partial charge on any atom is 0.285 e. The van der Waals surface area contributed by atoms with Crippen molar-refractivity contribution in [2.75, 3.05) is 5.32 Å². The van der Waals surface area contributed by atoms with Crippen molar-refractivity contribution in [3.63, 3.8) is 0 Å². The van der Waals surface area contributed by atoms with Crippen molar-refractivity contribution in [1.82, 2.24) is 5.43 Å². The lowest BCUT2D eigenvalue weighted by Crippen LogP contribution is -2.20. The number of benzene rings is 3. The molecule has 0 saturated heterocycles. The van der Waals surface area contributed by atoms with Crippen molar-refractivity contribution in [2.45, 2.75) is 0 Å². The molecule has 0 bridgehead atoms. The maximum absolute atomic E-state index is 12.6. The Labute approximate surface area is 192 Å². The highest BCUT2D eigenvalue weighted by Gasteiger charge is 2.18. The summed E-state index contributed by atoms with van der Waals surface area (Å²) in [6, 6.07) is 18.5. The summed E-state index contributed by atoms with van der Waals surface area (Å²) in [5, 5.41) is 28.3. The molecule has 34 heavy (non-hydrogen) atoms. The Morgan fingerprint density at radius 2 is 1.59 bits per heavy atom. The lowest BCUT2D eigenvalue weighted by molar-refractivity contribution is -0.394. The fraction of sp³-hybridized carbons (Fsp3) is 0. The summed E-state index contributed by atoms with van der Waals surface area (Å²) < 4.78 is 0. The molecule has 3 aromatic carbocycles. The van der Waals surface area contributed by atoms with Crippen LogP contribution in [0.2, 0.25) is 0 Å². The molecule has 0 aliphatic carbocycles. The van der Waals surface area contributed by atoms with Gasteiger partial charge in [0.15, 0.2) is 0 Å². The Balaban J connectivity index is 1.71. The van der Waals surface area contributed by atoms with E-state index in [1.54, 1.807) is 18.2 Å². The van der Waals surface area contributed by atoms with E-state index in [0.29, 0.717) is 0 Å². The van der Waals surface area contributed by atoms with Crippen LogP contribution in [0.4, 0.5) is 17.1 Å². The van der Waals surface area contributed by atoms with E-state index in [0.717, 1.165) is 30.0 Å². The van der Waals surface area contributed by atoms with E-state index in [4.69, 9.17) is 0 Å². The van der Waals surface area contributed by atoms with Crippen LogP contribution in [0.3, 0.4) is 0 Å². The normalized spacial score (nSPS) is 10.8. The number of nitro benzene ring substituents is 2. The fourth-order valence-electron chi connectivity index (χ4n) is 2.83. The molecule has 0 spiro atoms. The third-order valence-electron chi connectivity index (χ3n) is 4.45. The van der Waals surface area contributed by atoms with Gasteiger partial charge in [-0.25, -0.2) is 5.43 Å². The minimum Gasteiger partial charge on any atom is -0.322 e. The molecular weight excluding hydrogens is 442 g/mol. The van der Waals surface area contributed by atoms with Gasteiger partial charge in [0.05, 0.1) is 38.9 Å². The molecule has 0 heterocycles. The smallest absolute Gasteiger partial charge is 0.285 e. The van der Waals surface area contributed by atoms with Crippen LogP contribution in [0.15, 0.2) is 84.0 Å². The highest BCUT2D eigenvalue weighted by molar-refractivity contribution is 6.07. The van der Waals surface area contributed by atoms with Crippen LogP contribution in [0, 0.1) is 20.2 Å². The molecule has 0 saturated carbocycles. The second kappa shape index (κ2) is 10.9. The molecule has 0 aliphatic heterocycles. The molecule has 3 aromatic rings. The van der Waals surface area contributed by atoms with Gasteiger partial charge in [-0.15, -0.1) is 0 Å². The molecular formula is C23H17N5O6. The largest absolute Gasteiger partial charge is 0.322 e. The predicted octanol–water partition coefficient (Wildman–Crippen LogP) is 3.92. The zero-order valence-corrected chi connectivity index (χ0v) is 17.5. The van der Waals surface area contributed by atoms with Gasteiger partial charge in [-0.05, 0) is 29.8 Å². The van der Waals surface area contributed by atoms with Gasteiger partial charge < -0.3 is 5.32 Å². The first-order valence-electron chi connectivity index (χ1n) is 9.74. The van der Waals surface area contributed by atoms with E-state index in [2.05, 4.69) is 15.8 Å². The van der Waals surface area contributed by atoms with Crippen LogP contribution in [0.5, 0.6) is 0 Å². The SMILES string of the molecule is O=C(/C=C/c1ccccc1)Nc1ccccc1C(=O)N/N=C\c1ccc([N+](=O)[O-])cc1[N+](=O)[O-]. The number of para-hydroxylation sites is 1. The highest BCUT2D eigenvalue weighted by Crippen LogP contribution is 2.23. The predicted molar refractivity (Wildman–Crippen MR) is 125 cm³/mol. The summed E-state index contributed by atoms with van der Waals surface area (Å²) in [5.74, 6) is -1.13. The number of nitrogens with one attached hydrogen (secondary N) is 2. The van der Waals surface area contributed by atoms with Crippen LogP contribution >= 0.6 is 0 Å². The second-order valence-corrected chi connectivity index (χ2v) is 6.74. The highest BCUT2D eigenvalue weighted by atomic mass is 16.6. The quantitative estimate of drug-likeness (QED) is 0.225. The summed E-state index contributed by atoms with van der Waals surface area (Å²) in [6.07, 6.45) is 3.96. The topological polar surface area (TPSA) is 157 Å². The first kappa shape index (κ1) is 23.5. The molecule has 2 amide bonds. The number of hydrogen-bond donors (Lipinski definition) is 2. The number of non-ortho nitro benzene ring substituents is 1. The van der Waals surface area contributed by atoms with Crippen molar-refractivity contribution in [3.05, 3.63) is 116 Å². The first-order valence-corrected chi connectivity index (χ1v) is 9.74. The number of rotatable bonds is 8. The lowest BCUT2D eigenvalue weighted by Gasteiger charge is -2.08. The van der Waals surface area contributed by atoms with Crippen LogP contribution in [0.25, 0.3) is 6.08 Å². The Bertz CT molecular complexity index is 1300. The van der Waals surface area contributed by atoms with Gasteiger partial charge in [-0.1, -0.05) is 42.5 Å². The van der Waals surface area contributed by atoms with Gasteiger partial charge in [0.1, 0.15) is 0 Å². The lowest BCUT2D eigenvalue weighted by atomic mass is 10.1. The Morgan fingerprint density at radius 1 is 0.882 bits per heavy atom. The van der Waals surface area contributed by atoms with Gasteiger partial charge in [-0.3, -0.25) is 29.8 Å². The van der Waals surface area contributed by atoms with Crippen molar-refractivity contribution in [1.29, 1.82) is 0 Å². The number of nitrogens with zero attached hydrogens (tertiary/aromatic N) is 3. The standard InChI is InChI=1S/C23H17N5O6/c29-22(13-10-16-6-2-1-3-7-16)25-20-9-5-4-8-19(20)23(30)26-24-15-17-11-12-18(27(31)32)14-21(17)28(33)34/h1-15H,(H,25,29)(H,26,30)/b13-10+,24-15-. The second-order valence-electron chi connectivity index (χ2n) is 6.74. The van der Waals surface area contributed by atoms with E-state index in [9.17, 15) is 29.8 Å². The minimum absolute atomic E-state index is 0.0384. The molecule has 11 heteroatoms. The van der Waals surface area contributed by atoms with E-state index >= 15 is 0 Å². The molecule has 0 radical (unpaired) electrons. The number of hydrazone groups is 1. The summed E-state index contributed by atoms with van der Waals surface area (Å²) in [6.45, 7) is 0. The molecule has 2 N–H and O–H groups in total. The van der Waals surface area contributed by atoms with Crippen molar-refractivity contribution < 1.29 is 19.4 Å². The van der Waals surface area contributed by atoms with Crippen LogP contribution < -0.4 is 10.7 Å². The summed E-state index contributed by atoms with van der Waals surface area (Å²) in [7, 11) is 0. The zero-order chi connectivity index (χ0) is 24.5.